The average molecular weight is 1010 g/mol. The van der Waals surface area contributed by atoms with Gasteiger partial charge in [0.1, 0.15) is 0 Å². The number of fused-ring (bicyclic) bond motifs is 7. The molecule has 0 aliphatic carbocycles. The third-order valence-electron chi connectivity index (χ3n) is 11.6. The first kappa shape index (κ1) is 38.7. The van der Waals surface area contributed by atoms with E-state index in [2.05, 4.69) is 173 Å². The molecular weight excluding hydrogens is 955 g/mol. The molecule has 0 aliphatic rings. The van der Waals surface area contributed by atoms with Crippen LogP contribution in [0.3, 0.4) is 0 Å². The van der Waals surface area contributed by atoms with Gasteiger partial charge in [-0.2, -0.15) is 11.3 Å². The van der Waals surface area contributed by atoms with Gasteiger partial charge in [0.05, 0.1) is 24.9 Å². The topological polar surface area (TPSA) is 30.7 Å². The van der Waals surface area contributed by atoms with E-state index < -0.39 is 14.9 Å². The Hall–Kier alpha value is -5.23. The zero-order valence-corrected chi connectivity index (χ0v) is 40.2. The van der Waals surface area contributed by atoms with Crippen molar-refractivity contribution in [2.75, 3.05) is 0 Å². The number of hydrogen-bond donors (Lipinski definition) is 0. The summed E-state index contributed by atoms with van der Waals surface area (Å²) in [5.41, 5.74) is 10.4. The van der Waals surface area contributed by atoms with Gasteiger partial charge in [0.25, 0.3) is 0 Å². The number of imidazole rings is 1. The van der Waals surface area contributed by atoms with E-state index in [0.717, 1.165) is 33.2 Å². The minimum absolute atomic E-state index is 0. The van der Waals surface area contributed by atoms with Crippen molar-refractivity contribution in [1.29, 1.82) is 0 Å². The largest absolute Gasteiger partial charge is 0.333 e. The molecule has 0 amide bonds. The van der Waals surface area contributed by atoms with E-state index >= 15 is 0 Å². The average Bonchev–Trinajstić information content (AvgIpc) is 3.83. The summed E-state index contributed by atoms with van der Waals surface area (Å²) in [6, 6.07) is 51.5. The first-order chi connectivity index (χ1) is 30.1. The maximum Gasteiger partial charge on any atom is 0.0798 e. The van der Waals surface area contributed by atoms with Crippen molar-refractivity contribution in [3.8, 4) is 28.3 Å². The van der Waals surface area contributed by atoms with Gasteiger partial charge in [-0.05, 0) is 104 Å². The molecule has 0 aliphatic heterocycles. The maximum absolute atomic E-state index is 7.77. The van der Waals surface area contributed by atoms with Crippen LogP contribution in [0.5, 0.6) is 0 Å². The fraction of sp³-hybridized carbons (Fsp3) is 0.200. The molecule has 0 atom stereocenters. The Labute approximate surface area is 383 Å². The minimum atomic E-state index is -2.11. The van der Waals surface area contributed by atoms with E-state index in [0.29, 0.717) is 23.1 Å². The molecule has 0 saturated heterocycles. The standard InChI is InChI=1S/C40H33N2S.C15H18NSi.Ir/c1-23(2)31-19-25(5)20-32(24(3)4)38(31)42-36-16-9-8-15-35(36)41-40(42)30-14-10-13-29-34-22-33-27(21-37(34)43-39(29)30)18-17-26-11-6-7-12-28(26)33;1-12-10-14(13-8-6-5-7-9-13)16-11-15(12)17(2,3)4;/h6-13,15-24H,1-5H3;5-8,10-11H,1-4H3;/q2*-1;/i;1D3;. The van der Waals surface area contributed by atoms with E-state index in [1.807, 2.05) is 29.5 Å². The van der Waals surface area contributed by atoms with Gasteiger partial charge in [0.15, 0.2) is 0 Å². The quantitative estimate of drug-likeness (QED) is 0.0944. The predicted octanol–water partition coefficient (Wildman–Crippen LogP) is 15.1. The number of para-hydroxylation sites is 2. The second-order valence-electron chi connectivity index (χ2n) is 17.6. The first-order valence-electron chi connectivity index (χ1n) is 22.4. The van der Waals surface area contributed by atoms with Crippen molar-refractivity contribution in [3.05, 3.63) is 168 Å². The number of pyridine rings is 1. The molecule has 0 bridgehead atoms. The summed E-state index contributed by atoms with van der Waals surface area (Å²) in [6.45, 7) is 15.7. The monoisotopic (exact) mass is 1010 g/mol. The molecule has 10 aromatic rings. The van der Waals surface area contributed by atoms with Gasteiger partial charge >= 0.3 is 0 Å². The van der Waals surface area contributed by atoms with Crippen LogP contribution in [-0.2, 0) is 20.1 Å². The van der Waals surface area contributed by atoms with Gasteiger partial charge in [-0.3, -0.25) is 4.98 Å². The summed E-state index contributed by atoms with van der Waals surface area (Å²) in [5.74, 6) is 1.70. The molecule has 0 fully saturated rings. The van der Waals surface area contributed by atoms with Crippen molar-refractivity contribution in [1.82, 2.24) is 14.5 Å². The van der Waals surface area contributed by atoms with E-state index in [4.69, 9.17) is 9.10 Å². The third-order valence-corrected chi connectivity index (χ3v) is 14.8. The summed E-state index contributed by atoms with van der Waals surface area (Å²) in [5, 5.41) is 8.61. The van der Waals surface area contributed by atoms with Gasteiger partial charge < -0.3 is 9.55 Å². The van der Waals surface area contributed by atoms with Crippen LogP contribution in [0.1, 0.15) is 65.9 Å². The Morgan fingerprint density at radius 3 is 2.15 bits per heavy atom. The molecule has 0 spiro atoms. The van der Waals surface area contributed by atoms with E-state index in [9.17, 15) is 0 Å². The van der Waals surface area contributed by atoms with Crippen molar-refractivity contribution in [2.45, 2.75) is 72.9 Å². The van der Waals surface area contributed by atoms with Gasteiger partial charge in [0, 0.05) is 40.8 Å². The molecule has 6 heteroatoms. The summed E-state index contributed by atoms with van der Waals surface area (Å²) in [6.07, 6.45) is 1.74. The summed E-state index contributed by atoms with van der Waals surface area (Å²) >= 11 is 1.86. The molecule has 0 unspecified atom stereocenters. The molecule has 1 radical (unpaired) electrons. The molecule has 3 aromatic heterocycles. The number of aryl methyl sites for hydroxylation is 2. The molecular formula is C55H51IrN3SSi-2. The zero-order valence-electron chi connectivity index (χ0n) is 38.9. The second-order valence-corrected chi connectivity index (χ2v) is 23.6. The molecule has 7 aromatic carbocycles. The summed E-state index contributed by atoms with van der Waals surface area (Å²) < 4.78 is 28.3. The molecule has 3 nitrogen and oxygen atoms in total. The fourth-order valence-corrected chi connectivity index (χ4v) is 11.1. The molecule has 61 heavy (non-hydrogen) atoms. The predicted molar refractivity (Wildman–Crippen MR) is 262 cm³/mol. The smallest absolute Gasteiger partial charge is 0.0798 e. The molecule has 10 rings (SSSR count). The number of thiophene rings is 1. The van der Waals surface area contributed by atoms with Gasteiger partial charge in [-0.15, -0.1) is 54.1 Å². The second kappa shape index (κ2) is 16.9. The Morgan fingerprint density at radius 1 is 0.705 bits per heavy atom. The van der Waals surface area contributed by atoms with Crippen LogP contribution in [0.15, 0.2) is 134 Å². The minimum Gasteiger partial charge on any atom is -0.333 e. The van der Waals surface area contributed by atoms with Crippen LogP contribution in [0.2, 0.25) is 19.6 Å². The van der Waals surface area contributed by atoms with E-state index in [1.54, 1.807) is 18.3 Å². The van der Waals surface area contributed by atoms with Gasteiger partial charge in [0.2, 0.25) is 0 Å². The normalized spacial score (nSPS) is 12.8. The molecule has 307 valence electrons. The van der Waals surface area contributed by atoms with Crippen LogP contribution in [0.4, 0.5) is 0 Å². The van der Waals surface area contributed by atoms with Crippen molar-refractivity contribution in [2.24, 2.45) is 0 Å². The van der Waals surface area contributed by atoms with Crippen molar-refractivity contribution in [3.63, 3.8) is 0 Å². The van der Waals surface area contributed by atoms with Crippen molar-refractivity contribution >= 4 is 77.3 Å². The number of hydrogen-bond acceptors (Lipinski definition) is 3. The maximum atomic E-state index is 7.77. The number of rotatable bonds is 6. The summed E-state index contributed by atoms with van der Waals surface area (Å²) in [4.78, 5) is 9.78. The van der Waals surface area contributed by atoms with Crippen LogP contribution < -0.4 is 5.19 Å². The number of nitrogens with zero attached hydrogens (tertiary/aromatic N) is 3. The fourth-order valence-electron chi connectivity index (χ4n) is 8.55. The van der Waals surface area contributed by atoms with Crippen molar-refractivity contribution < 1.29 is 24.2 Å². The Morgan fingerprint density at radius 2 is 1.43 bits per heavy atom. The van der Waals surface area contributed by atoms with E-state index in [1.165, 1.54) is 64.1 Å². The van der Waals surface area contributed by atoms with Crippen LogP contribution in [-0.4, -0.2) is 22.6 Å². The SMILES string of the molecule is Cc1cc(C(C)C)c(-n2c(-c3[c-]ccc4c3sc3cc5ccc6ccccc6c5cc34)nc3ccccc32)c(C(C)C)c1.[2H]C([2H])([2H])c1cc(-c2[c-]cccc2)ncc1[Si](C)(C)C.[Ir]. The van der Waals surface area contributed by atoms with Gasteiger partial charge in [-0.1, -0.05) is 136 Å². The third kappa shape index (κ3) is 7.92. The van der Waals surface area contributed by atoms with Gasteiger partial charge in [-0.25, -0.2) is 0 Å². The molecule has 0 N–H and O–H groups in total. The Bertz CT molecular complexity index is 3320. The van der Waals surface area contributed by atoms with Crippen LogP contribution in [0.25, 0.3) is 81.1 Å². The Balaban J connectivity index is 0.000000225. The van der Waals surface area contributed by atoms with E-state index in [-0.39, 0.29) is 20.1 Å². The number of benzene rings is 7. The van der Waals surface area contributed by atoms with Crippen LogP contribution in [0, 0.1) is 25.9 Å². The molecule has 0 saturated carbocycles. The summed E-state index contributed by atoms with van der Waals surface area (Å²) in [7, 11) is -1.74. The Kier molecular flexibility index (Phi) is 10.7. The first-order valence-corrected chi connectivity index (χ1v) is 25.2. The number of aromatic nitrogens is 3. The zero-order chi connectivity index (χ0) is 44.4. The molecule has 3 heterocycles. The van der Waals surface area contributed by atoms with Crippen LogP contribution >= 0.6 is 11.3 Å².